The van der Waals surface area contributed by atoms with Crippen LogP contribution < -0.4 is 10.5 Å². The van der Waals surface area contributed by atoms with Crippen LogP contribution in [0.5, 0.6) is 5.75 Å². The van der Waals surface area contributed by atoms with Crippen molar-refractivity contribution in [2.75, 3.05) is 7.11 Å². The van der Waals surface area contributed by atoms with Gasteiger partial charge in [0, 0.05) is 23.2 Å². The molecule has 3 heteroatoms. The molecule has 0 aliphatic carbocycles. The molecule has 0 saturated heterocycles. The minimum Gasteiger partial charge on any atom is -0.496 e. The van der Waals surface area contributed by atoms with E-state index in [0.29, 0.717) is 0 Å². The van der Waals surface area contributed by atoms with Crippen LogP contribution in [0.1, 0.15) is 18.5 Å². The highest BCUT2D eigenvalue weighted by atomic mass is 16.5. The van der Waals surface area contributed by atoms with Crippen LogP contribution in [-0.4, -0.2) is 12.1 Å². The third-order valence-electron chi connectivity index (χ3n) is 3.66. The van der Waals surface area contributed by atoms with E-state index < -0.39 is 0 Å². The van der Waals surface area contributed by atoms with Crippen molar-refractivity contribution in [1.29, 1.82) is 0 Å². The zero-order chi connectivity index (χ0) is 14.8. The average molecular weight is 278 g/mol. The minimum atomic E-state index is -0.00298. The molecule has 0 aliphatic rings. The highest BCUT2D eigenvalue weighted by Crippen LogP contribution is 2.33. The number of benzene rings is 2. The van der Waals surface area contributed by atoms with Gasteiger partial charge in [0.15, 0.2) is 0 Å². The van der Waals surface area contributed by atoms with E-state index in [9.17, 15) is 0 Å². The Labute approximate surface area is 124 Å². The SMILES string of the molecule is COc1ccc(C(C)N)cc1-c1ccc2ncccc2c1. The molecule has 0 saturated carbocycles. The standard InChI is InChI=1S/C18H18N2O/c1-12(19)13-6-8-18(21-2)16(11-13)14-5-7-17-15(10-14)4-3-9-20-17/h3-12H,19H2,1-2H3. The average Bonchev–Trinajstić information content (AvgIpc) is 2.53. The van der Waals surface area contributed by atoms with Crippen molar-refractivity contribution in [3.63, 3.8) is 0 Å². The number of hydrogen-bond acceptors (Lipinski definition) is 3. The monoisotopic (exact) mass is 278 g/mol. The highest BCUT2D eigenvalue weighted by Gasteiger charge is 2.10. The van der Waals surface area contributed by atoms with Gasteiger partial charge in [0.2, 0.25) is 0 Å². The van der Waals surface area contributed by atoms with Gasteiger partial charge in [-0.3, -0.25) is 4.98 Å². The molecule has 1 aromatic heterocycles. The quantitative estimate of drug-likeness (QED) is 0.789. The minimum absolute atomic E-state index is 0.00298. The smallest absolute Gasteiger partial charge is 0.126 e. The van der Waals surface area contributed by atoms with E-state index in [0.717, 1.165) is 33.3 Å². The van der Waals surface area contributed by atoms with Crippen molar-refractivity contribution >= 4 is 10.9 Å². The summed E-state index contributed by atoms with van der Waals surface area (Å²) in [7, 11) is 1.69. The van der Waals surface area contributed by atoms with Gasteiger partial charge in [0.25, 0.3) is 0 Å². The third-order valence-corrected chi connectivity index (χ3v) is 3.66. The first kappa shape index (κ1) is 13.6. The van der Waals surface area contributed by atoms with Gasteiger partial charge in [-0.1, -0.05) is 18.2 Å². The summed E-state index contributed by atoms with van der Waals surface area (Å²) in [6.45, 7) is 1.98. The Morgan fingerprint density at radius 2 is 1.95 bits per heavy atom. The van der Waals surface area contributed by atoms with Crippen LogP contribution >= 0.6 is 0 Å². The summed E-state index contributed by atoms with van der Waals surface area (Å²) in [6, 6.07) is 16.3. The maximum atomic E-state index is 5.99. The van der Waals surface area contributed by atoms with Crippen LogP contribution in [0, 0.1) is 0 Å². The van der Waals surface area contributed by atoms with Crippen LogP contribution in [0.15, 0.2) is 54.7 Å². The fourth-order valence-corrected chi connectivity index (χ4v) is 2.48. The molecule has 3 nitrogen and oxygen atoms in total. The van der Waals surface area contributed by atoms with Crippen molar-refractivity contribution in [2.45, 2.75) is 13.0 Å². The lowest BCUT2D eigenvalue weighted by atomic mass is 9.98. The number of rotatable bonds is 3. The molecule has 2 aromatic carbocycles. The number of hydrogen-bond donors (Lipinski definition) is 1. The molecule has 1 atom stereocenters. The second kappa shape index (κ2) is 5.54. The van der Waals surface area contributed by atoms with Gasteiger partial charge in [0.1, 0.15) is 5.75 Å². The Morgan fingerprint density at radius 3 is 2.71 bits per heavy atom. The molecule has 106 valence electrons. The Hall–Kier alpha value is -2.39. The molecule has 1 unspecified atom stereocenters. The molecule has 0 aliphatic heterocycles. The first-order chi connectivity index (χ1) is 10.2. The number of methoxy groups -OCH3 is 1. The fraction of sp³-hybridized carbons (Fsp3) is 0.167. The predicted octanol–water partition coefficient (Wildman–Crippen LogP) is 3.93. The summed E-state index contributed by atoms with van der Waals surface area (Å²) in [4.78, 5) is 4.35. The van der Waals surface area contributed by atoms with E-state index in [2.05, 4.69) is 29.2 Å². The van der Waals surface area contributed by atoms with E-state index in [1.54, 1.807) is 13.3 Å². The van der Waals surface area contributed by atoms with Crippen molar-refractivity contribution < 1.29 is 4.74 Å². The number of aromatic nitrogens is 1. The molecule has 0 spiro atoms. The van der Waals surface area contributed by atoms with Gasteiger partial charge in [-0.2, -0.15) is 0 Å². The predicted molar refractivity (Wildman–Crippen MR) is 86.3 cm³/mol. The molecule has 3 rings (SSSR count). The first-order valence-electron chi connectivity index (χ1n) is 6.97. The van der Waals surface area contributed by atoms with E-state index in [4.69, 9.17) is 10.5 Å². The molecule has 2 N–H and O–H groups in total. The molecule has 0 radical (unpaired) electrons. The Kier molecular flexibility index (Phi) is 3.59. The van der Waals surface area contributed by atoms with Crippen molar-refractivity contribution in [3.8, 4) is 16.9 Å². The summed E-state index contributed by atoms with van der Waals surface area (Å²) in [6.07, 6.45) is 1.80. The molecule has 3 aromatic rings. The largest absolute Gasteiger partial charge is 0.496 e. The summed E-state index contributed by atoms with van der Waals surface area (Å²) >= 11 is 0. The first-order valence-corrected chi connectivity index (χ1v) is 6.97. The summed E-state index contributed by atoms with van der Waals surface area (Å²) in [5.74, 6) is 0.850. The highest BCUT2D eigenvalue weighted by molar-refractivity contribution is 5.85. The van der Waals surface area contributed by atoms with E-state index in [-0.39, 0.29) is 6.04 Å². The lowest BCUT2D eigenvalue weighted by Crippen LogP contribution is -2.05. The number of nitrogens with zero attached hydrogens (tertiary/aromatic N) is 1. The van der Waals surface area contributed by atoms with Crippen molar-refractivity contribution in [1.82, 2.24) is 4.98 Å². The van der Waals surface area contributed by atoms with Gasteiger partial charge in [-0.05, 0) is 48.4 Å². The van der Waals surface area contributed by atoms with Crippen LogP contribution in [0.4, 0.5) is 0 Å². The van der Waals surface area contributed by atoms with Crippen molar-refractivity contribution in [3.05, 3.63) is 60.3 Å². The summed E-state index contributed by atoms with van der Waals surface area (Å²) in [5, 5.41) is 1.11. The normalized spacial score (nSPS) is 12.3. The van der Waals surface area contributed by atoms with Gasteiger partial charge >= 0.3 is 0 Å². The van der Waals surface area contributed by atoms with E-state index >= 15 is 0 Å². The van der Waals surface area contributed by atoms with Gasteiger partial charge in [0.05, 0.1) is 12.6 Å². The number of fused-ring (bicyclic) bond motifs is 1. The lowest BCUT2D eigenvalue weighted by molar-refractivity contribution is 0.416. The Bertz CT molecular complexity index is 781. The summed E-state index contributed by atoms with van der Waals surface area (Å²) < 4.78 is 5.49. The Balaban J connectivity index is 2.18. The fourth-order valence-electron chi connectivity index (χ4n) is 2.48. The van der Waals surface area contributed by atoms with E-state index in [1.165, 1.54) is 0 Å². The van der Waals surface area contributed by atoms with Crippen LogP contribution in [-0.2, 0) is 0 Å². The summed E-state index contributed by atoms with van der Waals surface area (Å²) in [5.41, 5.74) is 10.2. The van der Waals surface area contributed by atoms with Gasteiger partial charge in [-0.25, -0.2) is 0 Å². The second-order valence-corrected chi connectivity index (χ2v) is 5.16. The number of ether oxygens (including phenoxy) is 1. The van der Waals surface area contributed by atoms with Gasteiger partial charge < -0.3 is 10.5 Å². The molecule has 1 heterocycles. The molecular formula is C18H18N2O. The number of nitrogens with two attached hydrogens (primary N) is 1. The van der Waals surface area contributed by atoms with Crippen molar-refractivity contribution in [2.24, 2.45) is 5.73 Å². The lowest BCUT2D eigenvalue weighted by Gasteiger charge is -2.13. The molecule has 0 amide bonds. The van der Waals surface area contributed by atoms with E-state index in [1.807, 2.05) is 31.2 Å². The zero-order valence-electron chi connectivity index (χ0n) is 12.2. The van der Waals surface area contributed by atoms with Gasteiger partial charge in [-0.15, -0.1) is 0 Å². The number of pyridine rings is 1. The maximum absolute atomic E-state index is 5.99. The second-order valence-electron chi connectivity index (χ2n) is 5.16. The molecule has 21 heavy (non-hydrogen) atoms. The molecule has 0 fully saturated rings. The zero-order valence-corrected chi connectivity index (χ0v) is 12.2. The van der Waals surface area contributed by atoms with Crippen LogP contribution in [0.3, 0.4) is 0 Å². The Morgan fingerprint density at radius 1 is 1.10 bits per heavy atom. The molecule has 0 bridgehead atoms. The topological polar surface area (TPSA) is 48.1 Å². The molecular weight excluding hydrogens is 260 g/mol. The van der Waals surface area contributed by atoms with Crippen LogP contribution in [0.2, 0.25) is 0 Å². The van der Waals surface area contributed by atoms with Crippen LogP contribution in [0.25, 0.3) is 22.0 Å². The third kappa shape index (κ3) is 2.60. The maximum Gasteiger partial charge on any atom is 0.126 e.